The summed E-state index contributed by atoms with van der Waals surface area (Å²) >= 11 is 0. The van der Waals surface area contributed by atoms with Crippen LogP contribution in [-0.2, 0) is 14.8 Å². The van der Waals surface area contributed by atoms with Crippen LogP contribution in [0.15, 0.2) is 22.2 Å². The third kappa shape index (κ3) is 9.48. The number of aromatic nitrogens is 3. The molecule has 2 aliphatic heterocycles. The zero-order valence-corrected chi connectivity index (χ0v) is 30.1. The normalized spacial score (nSPS) is 17.9. The van der Waals surface area contributed by atoms with Crippen LogP contribution < -0.4 is 14.9 Å². The van der Waals surface area contributed by atoms with Crippen molar-refractivity contribution < 1.29 is 18.3 Å². The first-order chi connectivity index (χ1) is 22.2. The molecule has 0 saturated heterocycles. The number of carbonyl (C=O) groups is 1. The zero-order valence-electron chi connectivity index (χ0n) is 29.3. The molecule has 2 atom stereocenters. The molecule has 13 heteroatoms. The van der Waals surface area contributed by atoms with E-state index in [-0.39, 0.29) is 36.1 Å². The van der Waals surface area contributed by atoms with Crippen molar-refractivity contribution in [2.45, 2.75) is 112 Å². The summed E-state index contributed by atoms with van der Waals surface area (Å²) in [4.78, 5) is 26.0. The Balaban J connectivity index is 1.62. The minimum atomic E-state index is -3.40. The molecule has 1 aromatic carbocycles. The number of anilines is 2. The topological polar surface area (TPSA) is 154 Å². The van der Waals surface area contributed by atoms with Crippen molar-refractivity contribution in [1.29, 1.82) is 0 Å². The Morgan fingerprint density at radius 3 is 2.55 bits per heavy atom. The summed E-state index contributed by atoms with van der Waals surface area (Å²) in [6.45, 7) is 15.8. The number of nitrogens with zero attached hydrogens (tertiary/aromatic N) is 6. The molecule has 2 aromatic rings. The molecule has 0 radical (unpaired) electrons. The first-order valence-electron chi connectivity index (χ1n) is 17.2. The summed E-state index contributed by atoms with van der Waals surface area (Å²) in [5.41, 5.74) is 4.28. The van der Waals surface area contributed by atoms with Gasteiger partial charge in [-0.2, -0.15) is 5.10 Å². The van der Waals surface area contributed by atoms with Gasteiger partial charge in [0, 0.05) is 50.2 Å². The second kappa shape index (κ2) is 15.8. The lowest BCUT2D eigenvalue weighted by Crippen LogP contribution is -2.32. The molecule has 0 aliphatic carbocycles. The van der Waals surface area contributed by atoms with Gasteiger partial charge < -0.3 is 15.3 Å². The van der Waals surface area contributed by atoms with Crippen molar-refractivity contribution in [2.24, 2.45) is 15.5 Å². The van der Waals surface area contributed by atoms with Crippen LogP contribution in [0.1, 0.15) is 129 Å². The maximum Gasteiger partial charge on any atom is 0.221 e. The molecule has 12 nitrogen and oxygen atoms in total. The second-order valence-corrected chi connectivity index (χ2v) is 16.0. The number of aliphatic hydroxyl groups is 1. The van der Waals surface area contributed by atoms with Gasteiger partial charge in [0.1, 0.15) is 5.71 Å². The van der Waals surface area contributed by atoms with Crippen LogP contribution in [0, 0.1) is 5.41 Å². The minimum Gasteiger partial charge on any atom is -0.396 e. The number of rotatable bonds is 16. The molecule has 47 heavy (non-hydrogen) atoms. The number of fused-ring (bicyclic) bond motifs is 2. The Kier molecular flexibility index (Phi) is 12.3. The summed E-state index contributed by atoms with van der Waals surface area (Å²) in [5.74, 6) is 0.881. The van der Waals surface area contributed by atoms with Crippen LogP contribution in [0.3, 0.4) is 0 Å². The number of benzene rings is 1. The van der Waals surface area contributed by atoms with E-state index in [1.807, 2.05) is 19.1 Å². The van der Waals surface area contributed by atoms with Crippen molar-refractivity contribution >= 4 is 44.4 Å². The Morgan fingerprint density at radius 2 is 1.87 bits per heavy atom. The predicted octanol–water partition coefficient (Wildman–Crippen LogP) is 5.70. The van der Waals surface area contributed by atoms with E-state index < -0.39 is 10.0 Å². The lowest BCUT2D eigenvalue weighted by Gasteiger charge is -2.35. The summed E-state index contributed by atoms with van der Waals surface area (Å²) < 4.78 is 28.1. The number of amides is 1. The van der Waals surface area contributed by atoms with Gasteiger partial charge in [-0.25, -0.2) is 23.1 Å². The average Bonchev–Trinajstić information content (AvgIpc) is 3.57. The number of sulfonamides is 1. The van der Waals surface area contributed by atoms with Crippen LogP contribution in [0.5, 0.6) is 0 Å². The van der Waals surface area contributed by atoms with Crippen molar-refractivity contribution in [1.82, 2.24) is 19.6 Å². The quantitative estimate of drug-likeness (QED) is 0.194. The van der Waals surface area contributed by atoms with Crippen molar-refractivity contribution in [3.8, 4) is 0 Å². The van der Waals surface area contributed by atoms with Crippen LogP contribution in [0.4, 0.5) is 17.1 Å². The maximum absolute atomic E-state index is 12.7. The predicted molar refractivity (Wildman–Crippen MR) is 190 cm³/mol. The lowest BCUT2D eigenvalue weighted by molar-refractivity contribution is -0.114. The van der Waals surface area contributed by atoms with Gasteiger partial charge >= 0.3 is 0 Å². The maximum atomic E-state index is 12.7. The number of nitrogens with one attached hydrogen (secondary N) is 2. The first-order valence-corrected chi connectivity index (χ1v) is 18.8. The number of aliphatic hydroxyl groups excluding tert-OH is 1. The van der Waals surface area contributed by atoms with E-state index in [4.69, 9.17) is 15.1 Å². The number of hydrogen-bond acceptors (Lipinski definition) is 9. The van der Waals surface area contributed by atoms with E-state index in [0.717, 1.165) is 62.2 Å². The van der Waals surface area contributed by atoms with Gasteiger partial charge in [-0.05, 0) is 42.9 Å². The third-order valence-corrected chi connectivity index (χ3v) is 10.2. The van der Waals surface area contributed by atoms with Gasteiger partial charge in [-0.1, -0.05) is 73.6 Å². The molecule has 4 rings (SSSR count). The Hall–Kier alpha value is -3.16. The van der Waals surface area contributed by atoms with Gasteiger partial charge in [-0.15, -0.1) is 9.89 Å². The van der Waals surface area contributed by atoms with Crippen molar-refractivity contribution in [3.05, 3.63) is 29.3 Å². The van der Waals surface area contributed by atoms with Crippen LogP contribution >= 0.6 is 0 Å². The fourth-order valence-corrected chi connectivity index (χ4v) is 7.21. The molecule has 1 aromatic heterocycles. The fraction of sp³-hybridized carbons (Fsp3) is 0.676. The number of hydrogen-bond donors (Lipinski definition) is 3. The number of aliphatic imine (C=N–C) groups is 1. The van der Waals surface area contributed by atoms with Crippen LogP contribution in [-0.4, -0.2) is 77.7 Å². The Labute approximate surface area is 280 Å². The van der Waals surface area contributed by atoms with E-state index in [1.54, 1.807) is 0 Å². The minimum absolute atomic E-state index is 0.115. The Morgan fingerprint density at radius 1 is 1.15 bits per heavy atom. The lowest BCUT2D eigenvalue weighted by atomic mass is 9.87. The average molecular weight is 671 g/mol. The van der Waals surface area contributed by atoms with Crippen molar-refractivity contribution in [3.63, 3.8) is 0 Å². The molecule has 1 amide bonds. The molecular formula is C34H54N8O4S. The number of unbranched alkanes of at least 4 members (excludes halogenated alkanes) is 5. The molecule has 3 N–H and O–H groups in total. The van der Waals surface area contributed by atoms with Crippen LogP contribution in [0.2, 0.25) is 0 Å². The highest BCUT2D eigenvalue weighted by Crippen LogP contribution is 2.42. The smallest absolute Gasteiger partial charge is 0.221 e. The van der Waals surface area contributed by atoms with Gasteiger partial charge in [0.25, 0.3) is 0 Å². The van der Waals surface area contributed by atoms with E-state index >= 15 is 0 Å². The largest absolute Gasteiger partial charge is 0.396 e. The van der Waals surface area contributed by atoms with Crippen LogP contribution in [0.25, 0.3) is 0 Å². The highest BCUT2D eigenvalue weighted by molar-refractivity contribution is 7.89. The molecule has 0 bridgehead atoms. The van der Waals surface area contributed by atoms with Gasteiger partial charge in [-0.3, -0.25) is 4.79 Å². The SMILES string of the molecule is CCCCCCCCS(=O)(=O)NCC(C)c1nc2n(n1)N=C(C(C)(C)C)C2=Nc1cc2c(cc1NC(C)=O)N(CCCO)CCC2C. The van der Waals surface area contributed by atoms with Gasteiger partial charge in [0.2, 0.25) is 21.8 Å². The summed E-state index contributed by atoms with van der Waals surface area (Å²) in [6, 6.07) is 4.03. The molecule has 3 heterocycles. The van der Waals surface area contributed by atoms with Gasteiger partial charge in [0.15, 0.2) is 5.82 Å². The molecule has 0 spiro atoms. The fourth-order valence-electron chi connectivity index (χ4n) is 5.97. The molecule has 2 unspecified atom stereocenters. The van der Waals surface area contributed by atoms with Gasteiger partial charge in [0.05, 0.1) is 22.8 Å². The highest BCUT2D eigenvalue weighted by atomic mass is 32.2. The second-order valence-electron chi connectivity index (χ2n) is 14.0. The van der Waals surface area contributed by atoms with E-state index in [0.29, 0.717) is 47.5 Å². The van der Waals surface area contributed by atoms with E-state index in [9.17, 15) is 18.3 Å². The van der Waals surface area contributed by atoms with E-state index in [1.165, 1.54) is 18.1 Å². The summed E-state index contributed by atoms with van der Waals surface area (Å²) in [5, 5.41) is 21.9. The Bertz CT molecular complexity index is 1570. The molecular weight excluding hydrogens is 616 g/mol. The molecule has 260 valence electrons. The zero-order chi connectivity index (χ0) is 34.4. The first kappa shape index (κ1) is 36.7. The standard InChI is InChI=1S/C34H54N8O4S/c1-8-9-10-11-12-13-19-47(45,46)35-22-24(3)32-38-33-30(31(34(5,6)7)39-42(33)40-32)37-27-20-26-23(2)15-17-41(16-14-18-43)29(26)21-28(27)36-25(4)44/h20-21,23-24,35,43H,8-19,22H2,1-7H3,(H,36,44). The van der Waals surface area contributed by atoms with E-state index in [2.05, 4.69) is 54.7 Å². The van der Waals surface area contributed by atoms with Crippen molar-refractivity contribution in [2.75, 3.05) is 42.2 Å². The highest BCUT2D eigenvalue weighted by Gasteiger charge is 2.36. The molecule has 0 fully saturated rings. The third-order valence-electron chi connectivity index (χ3n) is 8.74. The number of carbonyl (C=O) groups excluding carboxylic acids is 1. The summed E-state index contributed by atoms with van der Waals surface area (Å²) in [6.07, 6.45) is 7.75. The molecule has 2 aliphatic rings. The monoisotopic (exact) mass is 670 g/mol. The summed E-state index contributed by atoms with van der Waals surface area (Å²) in [7, 11) is -3.40. The molecule has 0 saturated carbocycles.